The van der Waals surface area contributed by atoms with Crippen LogP contribution < -0.4 is 4.90 Å². The van der Waals surface area contributed by atoms with Gasteiger partial charge in [0.15, 0.2) is 0 Å². The molecule has 0 fully saturated rings. The summed E-state index contributed by atoms with van der Waals surface area (Å²) in [5, 5.41) is 9.51. The quantitative estimate of drug-likeness (QED) is 0.309. The number of anilines is 1. The van der Waals surface area contributed by atoms with Crippen LogP contribution in [-0.2, 0) is 19.1 Å². The van der Waals surface area contributed by atoms with Crippen molar-refractivity contribution in [3.63, 3.8) is 0 Å². The van der Waals surface area contributed by atoms with Crippen molar-refractivity contribution in [2.75, 3.05) is 17.8 Å². The molecule has 1 aliphatic rings. The largest absolute Gasteiger partial charge is 0.478 e. The molecule has 0 aromatic heterocycles. The Bertz CT molecular complexity index is 1230. The van der Waals surface area contributed by atoms with Crippen molar-refractivity contribution in [2.24, 2.45) is 0 Å². The molecule has 0 radical (unpaired) electrons. The summed E-state index contributed by atoms with van der Waals surface area (Å²) in [6.45, 7) is 0. The van der Waals surface area contributed by atoms with E-state index in [1.54, 1.807) is 0 Å². The van der Waals surface area contributed by atoms with Crippen molar-refractivity contribution in [1.82, 2.24) is 0 Å². The fourth-order valence-corrected chi connectivity index (χ4v) is 4.67. The number of nitrogens with zero attached hydrogens (tertiary/aromatic N) is 1. The minimum absolute atomic E-state index is 0.0751. The van der Waals surface area contributed by atoms with Gasteiger partial charge in [-0.2, -0.15) is 0 Å². The van der Waals surface area contributed by atoms with Gasteiger partial charge in [-0.25, -0.2) is 18.5 Å². The fraction of sp³-hybridized carbons (Fsp3) is 0.250. The Morgan fingerprint density at radius 2 is 1.74 bits per heavy atom. The van der Waals surface area contributed by atoms with Crippen molar-refractivity contribution in [2.45, 2.75) is 30.6 Å². The summed E-state index contributed by atoms with van der Waals surface area (Å²) in [6.07, 6.45) is 1.23. The number of carboxylic acids is 1. The predicted octanol–water partition coefficient (Wildman–Crippen LogP) is 5.01. The zero-order valence-electron chi connectivity index (χ0n) is 18.5. The molecule has 2 aromatic rings. The zero-order chi connectivity index (χ0) is 25.7. The lowest BCUT2D eigenvalue weighted by molar-refractivity contribution is -0.137. The molecule has 0 unspecified atom stereocenters. The van der Waals surface area contributed by atoms with E-state index in [2.05, 4.69) is 4.74 Å². The highest BCUT2D eigenvalue weighted by Gasteiger charge is 2.34. The third-order valence-corrected chi connectivity index (χ3v) is 6.73. The van der Waals surface area contributed by atoms with Crippen LogP contribution >= 0.6 is 23.4 Å². The topological polar surface area (TPSA) is 101 Å². The number of carboxylic acid groups (broad SMARTS) is 1. The molecule has 0 atom stereocenters. The van der Waals surface area contributed by atoms with Crippen molar-refractivity contribution >= 4 is 52.8 Å². The Kier molecular flexibility index (Phi) is 8.63. The molecule has 11 heteroatoms. The van der Waals surface area contributed by atoms with Gasteiger partial charge in [0.1, 0.15) is 11.6 Å². The van der Waals surface area contributed by atoms with Crippen LogP contribution in [0.1, 0.15) is 36.0 Å². The van der Waals surface area contributed by atoms with Crippen LogP contribution in [0.15, 0.2) is 52.4 Å². The van der Waals surface area contributed by atoms with E-state index in [1.807, 2.05) is 0 Å². The number of amides is 2. The number of rotatable bonds is 7. The average molecular weight is 524 g/mol. The second kappa shape index (κ2) is 11.5. The summed E-state index contributed by atoms with van der Waals surface area (Å²) in [5.41, 5.74) is -1.05. The Morgan fingerprint density at radius 3 is 2.37 bits per heavy atom. The molecule has 0 saturated carbocycles. The van der Waals surface area contributed by atoms with Crippen molar-refractivity contribution < 1.29 is 37.8 Å². The van der Waals surface area contributed by atoms with Gasteiger partial charge in [0.2, 0.25) is 0 Å². The minimum atomic E-state index is -1.31. The number of halogens is 3. The second-order valence-corrected chi connectivity index (χ2v) is 8.95. The van der Waals surface area contributed by atoms with Crippen LogP contribution in [-0.4, -0.2) is 41.7 Å². The smallest absolute Gasteiger partial charge is 0.332 e. The first-order chi connectivity index (χ1) is 16.6. The lowest BCUT2D eigenvalue weighted by atomic mass is 9.90. The molecule has 0 spiro atoms. The van der Waals surface area contributed by atoms with Crippen LogP contribution in [0.5, 0.6) is 0 Å². The number of methoxy groups -OCH3 is 1. The Hall–Kier alpha value is -3.24. The molecule has 3 rings (SSSR count). The van der Waals surface area contributed by atoms with Gasteiger partial charge in [0.25, 0.3) is 11.8 Å². The average Bonchev–Trinajstić information content (AvgIpc) is 2.84. The van der Waals surface area contributed by atoms with E-state index in [9.17, 15) is 28.7 Å². The van der Waals surface area contributed by atoms with Crippen molar-refractivity contribution in [3.8, 4) is 0 Å². The highest BCUT2D eigenvalue weighted by Crippen LogP contribution is 2.36. The molecular formula is C24H20ClF2NO6S. The third-order valence-electron chi connectivity index (χ3n) is 5.28. The summed E-state index contributed by atoms with van der Waals surface area (Å²) in [7, 11) is 1.19. The van der Waals surface area contributed by atoms with E-state index in [0.717, 1.165) is 36.0 Å². The van der Waals surface area contributed by atoms with Crippen LogP contribution in [0.2, 0.25) is 5.02 Å². The molecule has 0 saturated heterocycles. The highest BCUT2D eigenvalue weighted by molar-refractivity contribution is 8.00. The molecular weight excluding hydrogens is 504 g/mol. The first-order valence-corrected chi connectivity index (χ1v) is 11.8. The van der Waals surface area contributed by atoms with Gasteiger partial charge in [-0.05, 0) is 56.0 Å². The van der Waals surface area contributed by atoms with Gasteiger partial charge >= 0.3 is 11.9 Å². The monoisotopic (exact) mass is 523 g/mol. The maximum Gasteiger partial charge on any atom is 0.332 e. The number of ether oxygens (including phenoxy) is 1. The third kappa shape index (κ3) is 6.07. The molecule has 1 aliphatic carbocycles. The van der Waals surface area contributed by atoms with Gasteiger partial charge in [0.05, 0.1) is 23.6 Å². The van der Waals surface area contributed by atoms with E-state index >= 15 is 4.39 Å². The number of aliphatic carboxylic acids is 1. The zero-order valence-corrected chi connectivity index (χ0v) is 20.0. The van der Waals surface area contributed by atoms with E-state index in [0.29, 0.717) is 17.7 Å². The summed E-state index contributed by atoms with van der Waals surface area (Å²) in [5.74, 6) is -5.94. The Balaban J connectivity index is 2.17. The lowest BCUT2D eigenvalue weighted by Crippen LogP contribution is -2.40. The number of imide groups is 1. The molecule has 184 valence electrons. The van der Waals surface area contributed by atoms with Gasteiger partial charge in [-0.1, -0.05) is 17.7 Å². The number of thioether (sulfide) groups is 1. The van der Waals surface area contributed by atoms with E-state index in [4.69, 9.17) is 11.6 Å². The van der Waals surface area contributed by atoms with E-state index in [1.165, 1.54) is 19.2 Å². The number of esters is 1. The molecule has 2 aromatic carbocycles. The van der Waals surface area contributed by atoms with Crippen LogP contribution in [0.25, 0.3) is 0 Å². The lowest BCUT2D eigenvalue weighted by Gasteiger charge is -2.26. The Morgan fingerprint density at radius 1 is 1.06 bits per heavy atom. The maximum absolute atomic E-state index is 15.1. The van der Waals surface area contributed by atoms with Gasteiger partial charge in [-0.3, -0.25) is 14.4 Å². The number of benzene rings is 2. The summed E-state index contributed by atoms with van der Waals surface area (Å²) >= 11 is 7.00. The van der Waals surface area contributed by atoms with Crippen LogP contribution in [0.3, 0.4) is 0 Å². The van der Waals surface area contributed by atoms with Gasteiger partial charge < -0.3 is 9.84 Å². The normalized spacial score (nSPS) is 13.4. The molecule has 7 nitrogen and oxygen atoms in total. The maximum atomic E-state index is 15.1. The van der Waals surface area contributed by atoms with Gasteiger partial charge in [-0.15, -0.1) is 11.8 Å². The molecule has 0 bridgehead atoms. The second-order valence-electron chi connectivity index (χ2n) is 7.52. The number of hydrogen-bond donors (Lipinski definition) is 1. The van der Waals surface area contributed by atoms with Crippen molar-refractivity contribution in [3.05, 3.63) is 69.8 Å². The van der Waals surface area contributed by atoms with E-state index < -0.39 is 41.1 Å². The number of carbonyl (C=O) groups is 4. The summed E-state index contributed by atoms with van der Waals surface area (Å²) in [4.78, 5) is 51.0. The summed E-state index contributed by atoms with van der Waals surface area (Å²) < 4.78 is 33.6. The fourth-order valence-electron chi connectivity index (χ4n) is 3.57. The molecule has 0 aliphatic heterocycles. The van der Waals surface area contributed by atoms with Crippen LogP contribution in [0.4, 0.5) is 14.5 Å². The first-order valence-electron chi connectivity index (χ1n) is 10.4. The van der Waals surface area contributed by atoms with E-state index in [-0.39, 0.29) is 45.2 Å². The molecule has 2 amide bonds. The Labute approximate surface area is 208 Å². The van der Waals surface area contributed by atoms with Gasteiger partial charge in [0, 0.05) is 21.6 Å². The van der Waals surface area contributed by atoms with Crippen molar-refractivity contribution in [1.29, 1.82) is 0 Å². The first kappa shape index (κ1) is 26.4. The SMILES string of the molecule is COC(=O)CSc1cc(N(C(=O)C2=C(C(=O)O)CCCC2)C(=O)c2cccc(F)c2)c(F)cc1Cl. The minimum Gasteiger partial charge on any atom is -0.478 e. The number of hydrogen-bond acceptors (Lipinski definition) is 6. The molecule has 0 heterocycles. The van der Waals surface area contributed by atoms with Crippen LogP contribution in [0, 0.1) is 11.6 Å². The predicted molar refractivity (Wildman–Crippen MR) is 125 cm³/mol. The standard InChI is InChI=1S/C24H20ClF2NO6S/c1-34-21(29)12-35-20-11-19(18(27)10-17(20)25)28(22(30)13-5-4-6-14(26)9-13)23(31)15-7-2-3-8-16(15)24(32)33/h4-6,9-11H,2-3,7-8,12H2,1H3,(H,32,33). The highest BCUT2D eigenvalue weighted by atomic mass is 35.5. The summed E-state index contributed by atoms with van der Waals surface area (Å²) in [6, 6.07) is 6.48. The molecule has 35 heavy (non-hydrogen) atoms. The number of carbonyl (C=O) groups excluding carboxylic acids is 3. The molecule has 1 N–H and O–H groups in total.